The first-order chi connectivity index (χ1) is 16.2. The van der Waals surface area contributed by atoms with Crippen LogP contribution in [0.4, 0.5) is 11.5 Å². The predicted octanol–water partition coefficient (Wildman–Crippen LogP) is 3.45. The molecule has 2 aromatic rings. The van der Waals surface area contributed by atoms with Gasteiger partial charge in [0.15, 0.2) is 0 Å². The number of benzene rings is 1. The lowest BCUT2D eigenvalue weighted by Crippen LogP contribution is -2.50. The van der Waals surface area contributed by atoms with Gasteiger partial charge in [-0.15, -0.1) is 0 Å². The van der Waals surface area contributed by atoms with Crippen LogP contribution in [0.3, 0.4) is 0 Å². The van der Waals surface area contributed by atoms with Crippen molar-refractivity contribution >= 4 is 17.4 Å². The molecule has 0 N–H and O–H groups in total. The van der Waals surface area contributed by atoms with Crippen molar-refractivity contribution in [2.45, 2.75) is 31.8 Å². The molecule has 1 saturated carbocycles. The van der Waals surface area contributed by atoms with E-state index in [9.17, 15) is 4.79 Å². The van der Waals surface area contributed by atoms with Crippen LogP contribution in [0.25, 0.3) is 0 Å². The maximum atomic E-state index is 13.5. The molecule has 1 amide bonds. The van der Waals surface area contributed by atoms with Crippen LogP contribution in [-0.2, 0) is 9.53 Å². The molecule has 0 radical (unpaired) electrons. The number of carbonyl (C=O) groups is 1. The SMILES string of the molecule is COc1ccccc1N1CCN(CCN(C(=O)C2CCC(OC)CC2)c2ccccn2)CC1. The second-order valence-electron chi connectivity index (χ2n) is 8.89. The Morgan fingerprint density at radius 3 is 2.39 bits per heavy atom. The number of aromatic nitrogens is 1. The largest absolute Gasteiger partial charge is 0.495 e. The maximum Gasteiger partial charge on any atom is 0.231 e. The van der Waals surface area contributed by atoms with Gasteiger partial charge in [0.2, 0.25) is 5.91 Å². The van der Waals surface area contributed by atoms with Gasteiger partial charge in [0.05, 0.1) is 18.9 Å². The summed E-state index contributed by atoms with van der Waals surface area (Å²) >= 11 is 0. The van der Waals surface area contributed by atoms with Gasteiger partial charge in [-0.2, -0.15) is 0 Å². The Morgan fingerprint density at radius 2 is 1.73 bits per heavy atom. The second-order valence-corrected chi connectivity index (χ2v) is 8.89. The van der Waals surface area contributed by atoms with Crippen molar-refractivity contribution in [1.82, 2.24) is 9.88 Å². The van der Waals surface area contributed by atoms with Gasteiger partial charge in [-0.05, 0) is 49.9 Å². The molecule has 1 aromatic heterocycles. The summed E-state index contributed by atoms with van der Waals surface area (Å²) < 4.78 is 11.0. The highest BCUT2D eigenvalue weighted by Gasteiger charge is 2.31. The minimum absolute atomic E-state index is 0.0563. The zero-order valence-corrected chi connectivity index (χ0v) is 19.9. The van der Waals surface area contributed by atoms with Crippen molar-refractivity contribution in [3.8, 4) is 5.75 Å². The second kappa shape index (κ2) is 11.5. The molecular formula is C26H36N4O3. The number of rotatable bonds is 8. The summed E-state index contributed by atoms with van der Waals surface area (Å²) in [5.41, 5.74) is 1.15. The molecule has 4 rings (SSSR count). The highest BCUT2D eigenvalue weighted by molar-refractivity contribution is 5.94. The van der Waals surface area contributed by atoms with Crippen LogP contribution in [0.2, 0.25) is 0 Å². The van der Waals surface area contributed by atoms with Crippen LogP contribution in [0.1, 0.15) is 25.7 Å². The highest BCUT2D eigenvalue weighted by atomic mass is 16.5. The van der Waals surface area contributed by atoms with Crippen LogP contribution in [0, 0.1) is 5.92 Å². The number of piperazine rings is 1. The average molecular weight is 453 g/mol. The summed E-state index contributed by atoms with van der Waals surface area (Å²) in [6.45, 7) is 5.31. The third-order valence-corrected chi connectivity index (χ3v) is 6.99. The van der Waals surface area contributed by atoms with Gasteiger partial charge in [0.1, 0.15) is 11.6 Å². The van der Waals surface area contributed by atoms with Crippen molar-refractivity contribution in [2.24, 2.45) is 5.92 Å². The molecular weight excluding hydrogens is 416 g/mol. The Balaban J connectivity index is 1.35. The molecule has 0 atom stereocenters. The molecule has 2 fully saturated rings. The molecule has 0 bridgehead atoms. The van der Waals surface area contributed by atoms with Crippen LogP contribution in [0.5, 0.6) is 5.75 Å². The predicted molar refractivity (Wildman–Crippen MR) is 131 cm³/mol. The van der Waals surface area contributed by atoms with E-state index < -0.39 is 0 Å². The highest BCUT2D eigenvalue weighted by Crippen LogP contribution is 2.30. The van der Waals surface area contributed by atoms with E-state index in [1.807, 2.05) is 35.2 Å². The number of methoxy groups -OCH3 is 2. The topological polar surface area (TPSA) is 58.1 Å². The van der Waals surface area contributed by atoms with E-state index in [0.717, 1.165) is 75.7 Å². The normalized spacial score (nSPS) is 21.6. The minimum atomic E-state index is 0.0563. The number of hydrogen-bond donors (Lipinski definition) is 0. The third-order valence-electron chi connectivity index (χ3n) is 6.99. The van der Waals surface area contributed by atoms with E-state index in [-0.39, 0.29) is 17.9 Å². The lowest BCUT2D eigenvalue weighted by molar-refractivity contribution is -0.124. The van der Waals surface area contributed by atoms with Gasteiger partial charge in [0.25, 0.3) is 0 Å². The molecule has 1 aromatic carbocycles. The van der Waals surface area contributed by atoms with E-state index in [4.69, 9.17) is 9.47 Å². The lowest BCUT2D eigenvalue weighted by Gasteiger charge is -2.38. The molecule has 178 valence electrons. The fraction of sp³-hybridized carbons (Fsp3) is 0.538. The van der Waals surface area contributed by atoms with E-state index >= 15 is 0 Å². The van der Waals surface area contributed by atoms with Crippen LogP contribution in [-0.4, -0.2) is 75.4 Å². The zero-order valence-electron chi connectivity index (χ0n) is 19.9. The average Bonchev–Trinajstić information content (AvgIpc) is 2.89. The Hall–Kier alpha value is -2.64. The fourth-order valence-corrected chi connectivity index (χ4v) is 4.96. The molecule has 7 nitrogen and oxygen atoms in total. The molecule has 1 aliphatic heterocycles. The number of pyridine rings is 1. The van der Waals surface area contributed by atoms with Gasteiger partial charge in [-0.3, -0.25) is 14.6 Å². The standard InChI is InChI=1S/C26H36N4O3/c1-32-22-12-10-21(11-13-22)26(31)30(25-9-5-6-14-27-25)20-17-28-15-18-29(19-16-28)23-7-3-4-8-24(23)33-2/h3-9,14,21-22H,10-13,15-20H2,1-2H3. The number of amides is 1. The number of para-hydroxylation sites is 2. The van der Waals surface area contributed by atoms with E-state index in [0.29, 0.717) is 6.54 Å². The molecule has 0 spiro atoms. The monoisotopic (exact) mass is 452 g/mol. The van der Waals surface area contributed by atoms with Crippen molar-refractivity contribution < 1.29 is 14.3 Å². The van der Waals surface area contributed by atoms with Gasteiger partial charge in [0, 0.05) is 58.5 Å². The lowest BCUT2D eigenvalue weighted by atomic mass is 9.86. The van der Waals surface area contributed by atoms with Gasteiger partial charge < -0.3 is 14.4 Å². The summed E-state index contributed by atoms with van der Waals surface area (Å²) in [6.07, 6.45) is 5.73. The van der Waals surface area contributed by atoms with Gasteiger partial charge in [-0.25, -0.2) is 4.98 Å². The number of anilines is 2. The molecule has 2 aliphatic rings. The van der Waals surface area contributed by atoms with Gasteiger partial charge >= 0.3 is 0 Å². The fourth-order valence-electron chi connectivity index (χ4n) is 4.96. The molecule has 33 heavy (non-hydrogen) atoms. The van der Waals surface area contributed by atoms with Gasteiger partial charge in [-0.1, -0.05) is 18.2 Å². The molecule has 1 saturated heterocycles. The summed E-state index contributed by atoms with van der Waals surface area (Å²) in [4.78, 5) is 24.7. The van der Waals surface area contributed by atoms with E-state index in [2.05, 4.69) is 26.9 Å². The van der Waals surface area contributed by atoms with Crippen molar-refractivity contribution in [3.63, 3.8) is 0 Å². The van der Waals surface area contributed by atoms with Crippen molar-refractivity contribution in [3.05, 3.63) is 48.7 Å². The first-order valence-corrected chi connectivity index (χ1v) is 12.0. The minimum Gasteiger partial charge on any atom is -0.495 e. The molecule has 0 unspecified atom stereocenters. The number of nitrogens with zero attached hydrogens (tertiary/aromatic N) is 4. The molecule has 2 heterocycles. The van der Waals surface area contributed by atoms with Crippen molar-refractivity contribution in [2.75, 3.05) is 63.3 Å². The van der Waals surface area contributed by atoms with E-state index in [1.54, 1.807) is 20.4 Å². The van der Waals surface area contributed by atoms with E-state index in [1.165, 1.54) is 0 Å². The summed E-state index contributed by atoms with van der Waals surface area (Å²) in [7, 11) is 3.49. The number of ether oxygens (including phenoxy) is 2. The van der Waals surface area contributed by atoms with Crippen LogP contribution in [0.15, 0.2) is 48.7 Å². The Labute approximate surface area is 197 Å². The Morgan fingerprint density at radius 1 is 1.00 bits per heavy atom. The number of carbonyl (C=O) groups excluding carboxylic acids is 1. The first-order valence-electron chi connectivity index (χ1n) is 12.0. The third kappa shape index (κ3) is 5.84. The number of hydrogen-bond acceptors (Lipinski definition) is 6. The maximum absolute atomic E-state index is 13.5. The molecule has 7 heteroatoms. The summed E-state index contributed by atoms with van der Waals surface area (Å²) in [6, 6.07) is 14.0. The first kappa shape index (κ1) is 23.5. The van der Waals surface area contributed by atoms with Crippen LogP contribution < -0.4 is 14.5 Å². The summed E-state index contributed by atoms with van der Waals surface area (Å²) in [5, 5.41) is 0. The Kier molecular flexibility index (Phi) is 8.18. The zero-order chi connectivity index (χ0) is 23.0. The quantitative estimate of drug-likeness (QED) is 0.612. The molecule has 1 aliphatic carbocycles. The smallest absolute Gasteiger partial charge is 0.231 e. The Bertz CT molecular complexity index is 878. The summed E-state index contributed by atoms with van der Waals surface area (Å²) in [5.74, 6) is 1.93. The van der Waals surface area contributed by atoms with Crippen LogP contribution >= 0.6 is 0 Å². The van der Waals surface area contributed by atoms with Crippen molar-refractivity contribution in [1.29, 1.82) is 0 Å².